The van der Waals surface area contributed by atoms with Crippen molar-refractivity contribution in [3.8, 4) is 5.75 Å². The summed E-state index contributed by atoms with van der Waals surface area (Å²) in [6.45, 7) is 8.87. The lowest BCUT2D eigenvalue weighted by molar-refractivity contribution is 0.341. The van der Waals surface area contributed by atoms with E-state index in [1.807, 2.05) is 6.92 Å². The normalized spacial score (nSPS) is 10.6. The van der Waals surface area contributed by atoms with Gasteiger partial charge >= 0.3 is 0 Å². The monoisotopic (exact) mass is 272 g/mol. The van der Waals surface area contributed by atoms with Crippen molar-refractivity contribution in [2.45, 2.75) is 40.3 Å². The van der Waals surface area contributed by atoms with Crippen molar-refractivity contribution in [3.63, 3.8) is 0 Å². The molecule has 2 rings (SSSR count). The lowest BCUT2D eigenvalue weighted by Gasteiger charge is -2.12. The second kappa shape index (κ2) is 7.04. The Hall–Kier alpha value is -1.90. The number of nitrogens with one attached hydrogen (secondary N) is 1. The van der Waals surface area contributed by atoms with Gasteiger partial charge in [-0.1, -0.05) is 13.0 Å². The molecule has 0 radical (unpaired) electrons. The van der Waals surface area contributed by atoms with Gasteiger partial charge < -0.3 is 14.6 Å². The Kier molecular flexibility index (Phi) is 5.10. The van der Waals surface area contributed by atoms with Gasteiger partial charge in [-0.3, -0.25) is 0 Å². The van der Waals surface area contributed by atoms with Gasteiger partial charge in [0.1, 0.15) is 5.75 Å². The molecule has 0 unspecified atom stereocenters. The maximum Gasteiger partial charge on any atom is 0.142 e. The van der Waals surface area contributed by atoms with Gasteiger partial charge in [0.25, 0.3) is 0 Å². The molecule has 0 aliphatic rings. The summed E-state index contributed by atoms with van der Waals surface area (Å²) in [7, 11) is 0. The number of benzene rings is 1. The molecule has 0 spiro atoms. The van der Waals surface area contributed by atoms with Crippen molar-refractivity contribution >= 4 is 5.69 Å². The zero-order valence-electron chi connectivity index (χ0n) is 12.6. The summed E-state index contributed by atoms with van der Waals surface area (Å²) in [5.41, 5.74) is 3.57. The summed E-state index contributed by atoms with van der Waals surface area (Å²) in [5.74, 6) is 0.931. The van der Waals surface area contributed by atoms with Gasteiger partial charge in [0.15, 0.2) is 0 Å². The summed E-state index contributed by atoms with van der Waals surface area (Å²) in [4.78, 5) is 0. The van der Waals surface area contributed by atoms with E-state index in [9.17, 15) is 0 Å². The van der Waals surface area contributed by atoms with E-state index in [0.29, 0.717) is 6.61 Å². The van der Waals surface area contributed by atoms with E-state index in [2.05, 4.69) is 60.4 Å². The fourth-order valence-electron chi connectivity index (χ4n) is 2.24. The minimum atomic E-state index is 0.686. The third-order valence-corrected chi connectivity index (χ3v) is 3.21. The first-order chi connectivity index (χ1) is 9.72. The van der Waals surface area contributed by atoms with Crippen LogP contribution in [0.1, 0.15) is 31.4 Å². The van der Waals surface area contributed by atoms with Crippen LogP contribution in [0.4, 0.5) is 5.69 Å². The summed E-state index contributed by atoms with van der Waals surface area (Å²) < 4.78 is 7.91. The molecule has 3 heteroatoms. The van der Waals surface area contributed by atoms with E-state index in [0.717, 1.165) is 30.9 Å². The van der Waals surface area contributed by atoms with Gasteiger partial charge in [0.2, 0.25) is 0 Å². The minimum absolute atomic E-state index is 0.686. The van der Waals surface area contributed by atoms with Crippen LogP contribution in [0.15, 0.2) is 36.7 Å². The average Bonchev–Trinajstić information content (AvgIpc) is 2.86. The van der Waals surface area contributed by atoms with E-state index in [-0.39, 0.29) is 0 Å². The molecule has 1 aromatic carbocycles. The third-order valence-electron chi connectivity index (χ3n) is 3.21. The predicted octanol–water partition coefficient (Wildman–Crippen LogP) is 4.22. The Morgan fingerprint density at radius 2 is 2.05 bits per heavy atom. The molecule has 0 atom stereocenters. The van der Waals surface area contributed by atoms with Gasteiger partial charge in [-0.15, -0.1) is 0 Å². The summed E-state index contributed by atoms with van der Waals surface area (Å²) in [5, 5.41) is 3.46. The van der Waals surface area contributed by atoms with E-state index in [1.165, 1.54) is 11.1 Å². The van der Waals surface area contributed by atoms with Gasteiger partial charge in [0.05, 0.1) is 12.3 Å². The molecule has 2 aromatic rings. The zero-order chi connectivity index (χ0) is 14.4. The maximum atomic E-state index is 5.68. The average molecular weight is 272 g/mol. The van der Waals surface area contributed by atoms with Crippen LogP contribution in [0.5, 0.6) is 5.75 Å². The second-order valence-electron chi connectivity index (χ2n) is 5.04. The zero-order valence-corrected chi connectivity index (χ0v) is 12.6. The molecule has 20 heavy (non-hydrogen) atoms. The minimum Gasteiger partial charge on any atom is -0.492 e. The Morgan fingerprint density at radius 1 is 1.20 bits per heavy atom. The SMILES string of the molecule is CCCn1ccc(CNc2ccc(C)cc2OCC)c1. The van der Waals surface area contributed by atoms with E-state index >= 15 is 0 Å². The Morgan fingerprint density at radius 3 is 2.80 bits per heavy atom. The van der Waals surface area contributed by atoms with E-state index in [1.54, 1.807) is 0 Å². The number of rotatable bonds is 7. The highest BCUT2D eigenvalue weighted by Crippen LogP contribution is 2.26. The number of hydrogen-bond acceptors (Lipinski definition) is 2. The highest BCUT2D eigenvalue weighted by Gasteiger charge is 2.04. The van der Waals surface area contributed by atoms with Gasteiger partial charge in [-0.05, 0) is 49.6 Å². The highest BCUT2D eigenvalue weighted by molar-refractivity contribution is 5.57. The molecule has 0 bridgehead atoms. The molecule has 0 fully saturated rings. The van der Waals surface area contributed by atoms with Crippen LogP contribution in [0, 0.1) is 6.92 Å². The van der Waals surface area contributed by atoms with Crippen LogP contribution < -0.4 is 10.1 Å². The quantitative estimate of drug-likeness (QED) is 0.817. The molecule has 3 nitrogen and oxygen atoms in total. The van der Waals surface area contributed by atoms with Crippen molar-refractivity contribution < 1.29 is 4.74 Å². The molecule has 1 aromatic heterocycles. The lowest BCUT2D eigenvalue weighted by atomic mass is 10.2. The van der Waals surface area contributed by atoms with Crippen molar-refractivity contribution in [2.24, 2.45) is 0 Å². The molecule has 0 saturated carbocycles. The van der Waals surface area contributed by atoms with Gasteiger partial charge in [0, 0.05) is 25.5 Å². The third kappa shape index (κ3) is 3.80. The number of aryl methyl sites for hydroxylation is 2. The first-order valence-corrected chi connectivity index (χ1v) is 7.35. The molecule has 0 aliphatic carbocycles. The largest absolute Gasteiger partial charge is 0.492 e. The van der Waals surface area contributed by atoms with E-state index < -0.39 is 0 Å². The fraction of sp³-hybridized carbons (Fsp3) is 0.412. The highest BCUT2D eigenvalue weighted by atomic mass is 16.5. The lowest BCUT2D eigenvalue weighted by Crippen LogP contribution is -2.02. The first-order valence-electron chi connectivity index (χ1n) is 7.35. The van der Waals surface area contributed by atoms with Crippen LogP contribution in [-0.2, 0) is 13.1 Å². The van der Waals surface area contributed by atoms with Crippen molar-refractivity contribution in [2.75, 3.05) is 11.9 Å². The van der Waals surface area contributed by atoms with Crippen LogP contribution in [0.2, 0.25) is 0 Å². The van der Waals surface area contributed by atoms with Gasteiger partial charge in [-0.2, -0.15) is 0 Å². The van der Waals surface area contributed by atoms with Crippen LogP contribution >= 0.6 is 0 Å². The smallest absolute Gasteiger partial charge is 0.142 e. The van der Waals surface area contributed by atoms with Gasteiger partial charge in [-0.25, -0.2) is 0 Å². The Balaban J connectivity index is 2.02. The molecule has 0 saturated heterocycles. The molecule has 0 aliphatic heterocycles. The topological polar surface area (TPSA) is 26.2 Å². The van der Waals surface area contributed by atoms with Crippen LogP contribution in [0.3, 0.4) is 0 Å². The van der Waals surface area contributed by atoms with E-state index in [4.69, 9.17) is 4.74 Å². The number of ether oxygens (including phenoxy) is 1. The van der Waals surface area contributed by atoms with Crippen LogP contribution in [0.25, 0.3) is 0 Å². The van der Waals surface area contributed by atoms with Crippen molar-refractivity contribution in [1.29, 1.82) is 0 Å². The second-order valence-corrected chi connectivity index (χ2v) is 5.04. The fourth-order valence-corrected chi connectivity index (χ4v) is 2.24. The summed E-state index contributed by atoms with van der Waals surface area (Å²) in [6.07, 6.45) is 5.50. The first kappa shape index (κ1) is 14.5. The summed E-state index contributed by atoms with van der Waals surface area (Å²) >= 11 is 0. The molecule has 0 amide bonds. The standard InChI is InChI=1S/C17H24N2O/c1-4-9-19-10-8-15(13-19)12-18-16-7-6-14(3)11-17(16)20-5-2/h6-8,10-11,13,18H,4-5,9,12H2,1-3H3. The van der Waals surface area contributed by atoms with Crippen molar-refractivity contribution in [1.82, 2.24) is 4.57 Å². The number of aromatic nitrogens is 1. The Bertz CT molecular complexity index is 546. The van der Waals surface area contributed by atoms with Crippen LogP contribution in [-0.4, -0.2) is 11.2 Å². The number of anilines is 1. The summed E-state index contributed by atoms with van der Waals surface area (Å²) in [6, 6.07) is 8.43. The molecule has 108 valence electrons. The number of nitrogens with zero attached hydrogens (tertiary/aromatic N) is 1. The maximum absolute atomic E-state index is 5.68. The number of hydrogen-bond donors (Lipinski definition) is 1. The van der Waals surface area contributed by atoms with Crippen molar-refractivity contribution in [3.05, 3.63) is 47.8 Å². The molecule has 1 heterocycles. The molecular formula is C17H24N2O. The predicted molar refractivity (Wildman–Crippen MR) is 84.4 cm³/mol. The molecular weight excluding hydrogens is 248 g/mol. The molecule has 1 N–H and O–H groups in total. The Labute approximate surface area is 121 Å².